The van der Waals surface area contributed by atoms with E-state index < -0.39 is 15.8 Å². The minimum Gasteiger partial charge on any atom is -0.481 e. The molecule has 3 aromatic carbocycles. The molecule has 3 fully saturated rings. The van der Waals surface area contributed by atoms with E-state index >= 15 is 0 Å². The second-order valence-corrected chi connectivity index (χ2v) is 12.7. The maximum atomic E-state index is 11.3. The lowest BCUT2D eigenvalue weighted by Crippen LogP contribution is -2.40. The highest BCUT2D eigenvalue weighted by Gasteiger charge is 2.16. The third kappa shape index (κ3) is 30.5. The van der Waals surface area contributed by atoms with Crippen molar-refractivity contribution < 1.29 is 43.5 Å². The molecule has 0 saturated carbocycles. The SMILES string of the molecule is C1COCCN1.CCCC(=O)N1CCOCC1.CCCC(=O)N1CCOCC1.CCCC(=O)O.NNc1ccccc1.O=[N+]([O-])c1ccccc1.O=[N+]([O-])c1ccccc1. The molecule has 60 heavy (non-hydrogen) atoms. The summed E-state index contributed by atoms with van der Waals surface area (Å²) in [6, 6.07) is 25.5. The minimum atomic E-state index is -0.711. The molecule has 6 rings (SSSR count). The molecule has 0 unspecified atom stereocenters. The van der Waals surface area contributed by atoms with Gasteiger partial charge in [-0.1, -0.05) is 75.4 Å². The third-order valence-electron chi connectivity index (χ3n) is 7.84. The molecule has 5 N–H and O–H groups in total. The third-order valence-corrected chi connectivity index (χ3v) is 7.84. The van der Waals surface area contributed by atoms with Crippen molar-refractivity contribution in [1.29, 1.82) is 0 Å². The number of amides is 2. The standard InChI is InChI=1S/2C8H15NO2.C6H8N2.2C6H5NO2.C4H9NO.C4H8O2/c2*1-2-3-8(10)9-4-6-11-7-5-9;7-8-6-4-2-1-3-5-6;2*8-7(9)6-4-2-1-3-5-6;1-3-6-4-2-5-1;1-2-3-4(5)6/h2*2-7H2,1H3;1-5,8H,7H2;2*1-5H;5H,1-4H2;2-3H2,1H3,(H,5,6). The number of nitrogens with one attached hydrogen (secondary N) is 2. The normalized spacial score (nSPS) is 13.8. The van der Waals surface area contributed by atoms with Gasteiger partial charge < -0.3 is 39.9 Å². The monoisotopic (exact) mass is 843 g/mol. The molecule has 334 valence electrons. The number of hydrogen-bond donors (Lipinski definition) is 4. The Kier molecular flexibility index (Phi) is 34.2. The van der Waals surface area contributed by atoms with Crippen LogP contribution in [0.25, 0.3) is 0 Å². The molecule has 0 aliphatic carbocycles. The van der Waals surface area contributed by atoms with Crippen LogP contribution in [-0.4, -0.2) is 121 Å². The number of carbonyl (C=O) groups is 3. The van der Waals surface area contributed by atoms with Crippen molar-refractivity contribution in [2.24, 2.45) is 5.84 Å². The van der Waals surface area contributed by atoms with E-state index in [9.17, 15) is 34.6 Å². The molecule has 3 aromatic rings. The number of nitrogens with zero attached hydrogens (tertiary/aromatic N) is 4. The van der Waals surface area contributed by atoms with Crippen molar-refractivity contribution in [3.63, 3.8) is 0 Å². The van der Waals surface area contributed by atoms with Crippen LogP contribution in [0.15, 0.2) is 91.0 Å². The average Bonchev–Trinajstić information content (AvgIpc) is 3.30. The number of hydrogen-bond acceptors (Lipinski definition) is 13. The number of para-hydroxylation sites is 3. The number of non-ortho nitro benzene ring substituents is 2. The molecule has 0 radical (unpaired) electrons. The Morgan fingerprint density at radius 1 is 0.617 bits per heavy atom. The van der Waals surface area contributed by atoms with Gasteiger partial charge in [-0.15, -0.1) is 0 Å². The fourth-order valence-corrected chi connectivity index (χ4v) is 4.73. The van der Waals surface area contributed by atoms with E-state index in [2.05, 4.69) is 10.7 Å². The predicted molar refractivity (Wildman–Crippen MR) is 231 cm³/mol. The predicted octanol–water partition coefficient (Wildman–Crippen LogP) is 5.93. The second-order valence-electron chi connectivity index (χ2n) is 12.7. The van der Waals surface area contributed by atoms with Crippen LogP contribution in [0.4, 0.5) is 17.1 Å². The molecule has 3 aliphatic rings. The van der Waals surface area contributed by atoms with Gasteiger partial charge in [0, 0.05) is 88.5 Å². The lowest BCUT2D eigenvalue weighted by Gasteiger charge is -2.26. The summed E-state index contributed by atoms with van der Waals surface area (Å²) >= 11 is 0. The number of morpholine rings is 3. The highest BCUT2D eigenvalue weighted by Crippen LogP contribution is 2.08. The summed E-state index contributed by atoms with van der Waals surface area (Å²) < 4.78 is 15.3. The van der Waals surface area contributed by atoms with E-state index in [1.807, 2.05) is 60.9 Å². The summed E-state index contributed by atoms with van der Waals surface area (Å²) in [5, 5.41) is 31.1. The Morgan fingerprint density at radius 2 is 0.950 bits per heavy atom. The molecule has 3 saturated heterocycles. The number of nitrogen functional groups attached to an aromatic ring is 1. The Labute approximate surface area is 353 Å². The number of nitro benzene ring substituents is 2. The van der Waals surface area contributed by atoms with Crippen LogP contribution in [0.3, 0.4) is 0 Å². The molecule has 0 atom stereocenters. The molecule has 18 heteroatoms. The van der Waals surface area contributed by atoms with Crippen molar-refractivity contribution in [3.05, 3.63) is 111 Å². The van der Waals surface area contributed by atoms with Crippen molar-refractivity contribution in [2.75, 3.05) is 84.3 Å². The van der Waals surface area contributed by atoms with Gasteiger partial charge in [-0.2, -0.15) is 0 Å². The first-order chi connectivity index (χ1) is 29.0. The van der Waals surface area contributed by atoms with Crippen LogP contribution < -0.4 is 16.6 Å². The Bertz CT molecular complexity index is 1430. The number of carbonyl (C=O) groups excluding carboxylic acids is 2. The zero-order valence-corrected chi connectivity index (χ0v) is 35.3. The molecule has 3 heterocycles. The van der Waals surface area contributed by atoms with Gasteiger partial charge >= 0.3 is 5.97 Å². The zero-order valence-electron chi connectivity index (χ0n) is 35.3. The van der Waals surface area contributed by atoms with Crippen LogP contribution in [0, 0.1) is 20.2 Å². The number of carboxylic acids is 1. The highest BCUT2D eigenvalue weighted by molar-refractivity contribution is 5.76. The molecule has 0 spiro atoms. The summed E-state index contributed by atoms with van der Waals surface area (Å²) in [7, 11) is 0. The zero-order chi connectivity index (χ0) is 44.6. The van der Waals surface area contributed by atoms with E-state index in [-0.39, 0.29) is 23.2 Å². The number of benzene rings is 3. The van der Waals surface area contributed by atoms with Crippen molar-refractivity contribution in [1.82, 2.24) is 15.1 Å². The number of rotatable bonds is 9. The Morgan fingerprint density at radius 3 is 1.15 bits per heavy atom. The van der Waals surface area contributed by atoms with Gasteiger partial charge in [-0.3, -0.25) is 40.5 Å². The summed E-state index contributed by atoms with van der Waals surface area (Å²) in [5.41, 5.74) is 3.74. The van der Waals surface area contributed by atoms with Crippen LogP contribution in [0.5, 0.6) is 0 Å². The molecule has 3 aliphatic heterocycles. The second kappa shape index (κ2) is 37.7. The molecule has 2 amide bonds. The highest BCUT2D eigenvalue weighted by atomic mass is 16.6. The van der Waals surface area contributed by atoms with Gasteiger partial charge in [0.15, 0.2) is 0 Å². The van der Waals surface area contributed by atoms with Crippen molar-refractivity contribution >= 4 is 34.8 Å². The summed E-state index contributed by atoms with van der Waals surface area (Å²) in [4.78, 5) is 55.1. The van der Waals surface area contributed by atoms with Crippen molar-refractivity contribution in [3.8, 4) is 0 Å². The van der Waals surface area contributed by atoms with E-state index in [0.717, 1.165) is 77.4 Å². The van der Waals surface area contributed by atoms with Crippen molar-refractivity contribution in [2.45, 2.75) is 59.3 Å². The van der Waals surface area contributed by atoms with E-state index in [0.29, 0.717) is 45.7 Å². The largest absolute Gasteiger partial charge is 0.481 e. The summed E-state index contributed by atoms with van der Waals surface area (Å²) in [6.45, 7) is 15.6. The first-order valence-electron chi connectivity index (χ1n) is 20.1. The molecule has 0 bridgehead atoms. The molecular weight excluding hydrogens is 778 g/mol. The fourth-order valence-electron chi connectivity index (χ4n) is 4.73. The average molecular weight is 844 g/mol. The number of ether oxygens (including phenoxy) is 3. The first kappa shape index (κ1) is 54.5. The Balaban J connectivity index is 0.000000684. The minimum absolute atomic E-state index is 0.137. The van der Waals surface area contributed by atoms with Crippen LogP contribution in [-0.2, 0) is 28.6 Å². The summed E-state index contributed by atoms with van der Waals surface area (Å²) in [5.74, 6) is 4.94. The maximum Gasteiger partial charge on any atom is 0.303 e. The lowest BCUT2D eigenvalue weighted by atomic mass is 10.3. The van der Waals surface area contributed by atoms with Crippen LogP contribution >= 0.6 is 0 Å². The number of nitrogens with two attached hydrogens (primary N) is 1. The van der Waals surface area contributed by atoms with E-state index in [1.165, 1.54) is 24.3 Å². The maximum absolute atomic E-state index is 11.3. The number of nitro groups is 2. The quantitative estimate of drug-likeness (QED) is 0.111. The fraction of sp³-hybridized carbons (Fsp3) is 0.500. The molecule has 0 aromatic heterocycles. The van der Waals surface area contributed by atoms with Gasteiger partial charge in [-0.25, -0.2) is 0 Å². The number of carboxylic acid groups (broad SMARTS) is 1. The number of hydrazine groups is 1. The topological polar surface area (TPSA) is 242 Å². The number of anilines is 1. The number of aliphatic carboxylic acids is 1. The lowest BCUT2D eigenvalue weighted by molar-refractivity contribution is -0.385. The van der Waals surface area contributed by atoms with E-state index in [4.69, 9.17) is 25.2 Å². The summed E-state index contributed by atoms with van der Waals surface area (Å²) in [6.07, 6.45) is 4.27. The van der Waals surface area contributed by atoms with Gasteiger partial charge in [0.05, 0.1) is 49.5 Å². The van der Waals surface area contributed by atoms with Gasteiger partial charge in [0.1, 0.15) is 0 Å². The van der Waals surface area contributed by atoms with Gasteiger partial charge in [0.2, 0.25) is 11.8 Å². The molecular formula is C42H65N7O11. The van der Waals surface area contributed by atoms with Crippen LogP contribution in [0.1, 0.15) is 59.3 Å². The van der Waals surface area contributed by atoms with Gasteiger partial charge in [-0.05, 0) is 31.4 Å². The van der Waals surface area contributed by atoms with Crippen LogP contribution in [0.2, 0.25) is 0 Å². The smallest absolute Gasteiger partial charge is 0.303 e. The van der Waals surface area contributed by atoms with Gasteiger partial charge in [0.25, 0.3) is 11.4 Å². The van der Waals surface area contributed by atoms with E-state index in [1.54, 1.807) is 36.4 Å². The first-order valence-corrected chi connectivity index (χ1v) is 20.1. The Hall–Kier alpha value is -5.53. The molecule has 18 nitrogen and oxygen atoms in total.